The molecule has 33 heavy (non-hydrogen) atoms. The molecule has 5 rings (SSSR count). The van der Waals surface area contributed by atoms with Crippen molar-refractivity contribution < 1.29 is 4.79 Å². The number of rotatable bonds is 7. The van der Waals surface area contributed by atoms with Gasteiger partial charge < -0.3 is 15.3 Å². The van der Waals surface area contributed by atoms with Crippen LogP contribution in [-0.4, -0.2) is 31.1 Å². The van der Waals surface area contributed by atoms with Gasteiger partial charge in [-0.05, 0) is 24.6 Å². The molecule has 0 aliphatic rings. The predicted molar refractivity (Wildman–Crippen MR) is 134 cm³/mol. The number of nitrogens with one attached hydrogen (secondary N) is 3. The minimum absolute atomic E-state index is 0.0913. The largest absolute Gasteiger partial charge is 0.348 e. The Bertz CT molecular complexity index is 1460. The van der Waals surface area contributed by atoms with Crippen LogP contribution >= 0.6 is 23.1 Å². The SMILES string of the molecule is C[C@@H](SCc1nc2scc(-c3ccccc3)c2c(=O)[nH]1)C(=O)NCc1nc2ccccc2[nH]1. The Morgan fingerprint density at radius 1 is 1.06 bits per heavy atom. The van der Waals surface area contributed by atoms with Crippen molar-refractivity contribution in [3.05, 3.63) is 82.0 Å². The Morgan fingerprint density at radius 2 is 1.85 bits per heavy atom. The Balaban J connectivity index is 1.22. The van der Waals surface area contributed by atoms with E-state index in [4.69, 9.17) is 0 Å². The second kappa shape index (κ2) is 9.21. The van der Waals surface area contributed by atoms with Crippen LogP contribution in [0.15, 0.2) is 64.8 Å². The van der Waals surface area contributed by atoms with Crippen molar-refractivity contribution in [1.82, 2.24) is 25.3 Å². The summed E-state index contributed by atoms with van der Waals surface area (Å²) in [6.07, 6.45) is 0. The van der Waals surface area contributed by atoms with Gasteiger partial charge in [0.05, 0.1) is 34.0 Å². The number of fused-ring (bicyclic) bond motifs is 2. The molecule has 0 bridgehead atoms. The van der Waals surface area contributed by atoms with Crippen LogP contribution in [0.25, 0.3) is 32.4 Å². The molecule has 166 valence electrons. The molecule has 0 radical (unpaired) electrons. The first-order chi connectivity index (χ1) is 16.1. The minimum Gasteiger partial charge on any atom is -0.348 e. The fourth-order valence-corrected chi connectivity index (χ4v) is 5.32. The third kappa shape index (κ3) is 4.55. The highest BCUT2D eigenvalue weighted by Gasteiger charge is 2.17. The maximum absolute atomic E-state index is 12.8. The number of thioether (sulfide) groups is 1. The predicted octanol–water partition coefficient (Wildman–Crippen LogP) is 4.47. The van der Waals surface area contributed by atoms with E-state index in [1.807, 2.05) is 66.9 Å². The molecule has 9 heteroatoms. The molecule has 0 saturated heterocycles. The zero-order chi connectivity index (χ0) is 22.8. The second-order valence-electron chi connectivity index (χ2n) is 7.58. The highest BCUT2D eigenvalue weighted by atomic mass is 32.2. The maximum atomic E-state index is 12.8. The Morgan fingerprint density at radius 3 is 2.67 bits per heavy atom. The van der Waals surface area contributed by atoms with Crippen molar-refractivity contribution >= 4 is 50.3 Å². The molecular formula is C24H21N5O2S2. The Kier molecular flexibility index (Phi) is 5.97. The number of carbonyl (C=O) groups is 1. The highest BCUT2D eigenvalue weighted by Crippen LogP contribution is 2.30. The summed E-state index contributed by atoms with van der Waals surface area (Å²) in [6.45, 7) is 2.17. The summed E-state index contributed by atoms with van der Waals surface area (Å²) in [5, 5.41) is 5.18. The van der Waals surface area contributed by atoms with Gasteiger partial charge in [0.1, 0.15) is 16.5 Å². The molecule has 1 amide bonds. The Hall–Kier alpha value is -3.43. The number of thiophene rings is 1. The summed E-state index contributed by atoms with van der Waals surface area (Å²) in [6, 6.07) is 17.6. The summed E-state index contributed by atoms with van der Waals surface area (Å²) in [5.41, 5.74) is 3.55. The van der Waals surface area contributed by atoms with Crippen molar-refractivity contribution in [2.75, 3.05) is 0 Å². The van der Waals surface area contributed by atoms with Crippen molar-refractivity contribution in [2.24, 2.45) is 0 Å². The van der Waals surface area contributed by atoms with E-state index in [1.165, 1.54) is 23.1 Å². The van der Waals surface area contributed by atoms with E-state index in [0.29, 0.717) is 34.2 Å². The molecule has 3 heterocycles. The molecular weight excluding hydrogens is 454 g/mol. The number of imidazole rings is 1. The van der Waals surface area contributed by atoms with Gasteiger partial charge in [-0.15, -0.1) is 23.1 Å². The number of hydrogen-bond donors (Lipinski definition) is 3. The van der Waals surface area contributed by atoms with E-state index < -0.39 is 0 Å². The van der Waals surface area contributed by atoms with Gasteiger partial charge in [0, 0.05) is 10.9 Å². The van der Waals surface area contributed by atoms with E-state index in [-0.39, 0.29) is 16.7 Å². The summed E-state index contributed by atoms with van der Waals surface area (Å²) in [4.78, 5) is 41.2. The first-order valence-corrected chi connectivity index (χ1v) is 12.4. The first kappa shape index (κ1) is 21.4. The van der Waals surface area contributed by atoms with Crippen LogP contribution in [0.5, 0.6) is 0 Å². The van der Waals surface area contributed by atoms with E-state index in [9.17, 15) is 9.59 Å². The molecule has 2 aromatic carbocycles. The summed E-state index contributed by atoms with van der Waals surface area (Å²) in [5.74, 6) is 1.62. The van der Waals surface area contributed by atoms with Gasteiger partial charge in [0.15, 0.2) is 0 Å². The van der Waals surface area contributed by atoms with Crippen molar-refractivity contribution in [2.45, 2.75) is 24.5 Å². The van der Waals surface area contributed by atoms with Gasteiger partial charge in [-0.25, -0.2) is 9.97 Å². The molecule has 3 N–H and O–H groups in total. The molecule has 0 aliphatic carbocycles. The fraction of sp³-hybridized carbons (Fsp3) is 0.167. The number of hydrogen-bond acceptors (Lipinski definition) is 6. The number of benzene rings is 2. The zero-order valence-electron chi connectivity index (χ0n) is 17.8. The number of aromatic nitrogens is 4. The van der Waals surface area contributed by atoms with Gasteiger partial charge >= 0.3 is 0 Å². The number of nitrogens with zero attached hydrogens (tertiary/aromatic N) is 2. The van der Waals surface area contributed by atoms with Crippen molar-refractivity contribution in [1.29, 1.82) is 0 Å². The van der Waals surface area contributed by atoms with Crippen LogP contribution in [0.2, 0.25) is 0 Å². The molecule has 0 spiro atoms. The van der Waals surface area contributed by atoms with Gasteiger partial charge in [0.25, 0.3) is 5.56 Å². The fourth-order valence-electron chi connectivity index (χ4n) is 3.58. The van der Waals surface area contributed by atoms with Crippen LogP contribution < -0.4 is 10.9 Å². The van der Waals surface area contributed by atoms with Crippen LogP contribution in [0.3, 0.4) is 0 Å². The van der Waals surface area contributed by atoms with E-state index >= 15 is 0 Å². The second-order valence-corrected chi connectivity index (χ2v) is 9.77. The topological polar surface area (TPSA) is 104 Å². The van der Waals surface area contributed by atoms with Gasteiger partial charge in [0.2, 0.25) is 5.91 Å². The lowest BCUT2D eigenvalue weighted by atomic mass is 10.1. The summed E-state index contributed by atoms with van der Waals surface area (Å²) >= 11 is 2.88. The smallest absolute Gasteiger partial charge is 0.260 e. The number of para-hydroxylation sites is 2. The summed E-state index contributed by atoms with van der Waals surface area (Å²) < 4.78 is 0. The minimum atomic E-state index is -0.307. The molecule has 1 atom stereocenters. The third-order valence-corrected chi connectivity index (χ3v) is 7.31. The molecule has 7 nitrogen and oxygen atoms in total. The molecule has 0 unspecified atom stereocenters. The normalized spacial score (nSPS) is 12.3. The van der Waals surface area contributed by atoms with Gasteiger partial charge in [-0.2, -0.15) is 0 Å². The van der Waals surface area contributed by atoms with E-state index in [0.717, 1.165) is 22.2 Å². The van der Waals surface area contributed by atoms with Crippen molar-refractivity contribution in [3.63, 3.8) is 0 Å². The monoisotopic (exact) mass is 475 g/mol. The van der Waals surface area contributed by atoms with Crippen LogP contribution in [-0.2, 0) is 17.1 Å². The number of carbonyl (C=O) groups excluding carboxylic acids is 1. The molecule has 0 fully saturated rings. The average molecular weight is 476 g/mol. The van der Waals surface area contributed by atoms with Crippen LogP contribution in [0.1, 0.15) is 18.6 Å². The molecule has 0 saturated carbocycles. The molecule has 0 aliphatic heterocycles. The lowest BCUT2D eigenvalue weighted by Gasteiger charge is -2.11. The Labute approximate surface area is 197 Å². The number of aromatic amines is 2. The van der Waals surface area contributed by atoms with Crippen LogP contribution in [0.4, 0.5) is 0 Å². The quantitative estimate of drug-likeness (QED) is 0.322. The number of H-pyrrole nitrogens is 2. The van der Waals surface area contributed by atoms with E-state index in [2.05, 4.69) is 25.3 Å². The zero-order valence-corrected chi connectivity index (χ0v) is 19.4. The molecule has 3 aromatic heterocycles. The van der Waals surface area contributed by atoms with E-state index in [1.54, 1.807) is 0 Å². The highest BCUT2D eigenvalue weighted by molar-refractivity contribution is 7.99. The van der Waals surface area contributed by atoms with Gasteiger partial charge in [-0.3, -0.25) is 9.59 Å². The van der Waals surface area contributed by atoms with Gasteiger partial charge in [-0.1, -0.05) is 42.5 Å². The summed E-state index contributed by atoms with van der Waals surface area (Å²) in [7, 11) is 0. The lowest BCUT2D eigenvalue weighted by Crippen LogP contribution is -2.31. The maximum Gasteiger partial charge on any atom is 0.260 e. The lowest BCUT2D eigenvalue weighted by molar-refractivity contribution is -0.120. The standard InChI is InChI=1S/C24H21N5O2S2/c1-14(22(30)25-11-19-26-17-9-5-6-10-18(17)27-19)32-13-20-28-23(31)21-16(12-33-24(21)29-20)15-7-3-2-4-8-15/h2-10,12,14H,11,13H2,1H3,(H,25,30)(H,26,27)(H,28,29,31)/t14-/m1/s1. The molecule has 5 aromatic rings. The van der Waals surface area contributed by atoms with Crippen molar-refractivity contribution in [3.8, 4) is 11.1 Å². The van der Waals surface area contributed by atoms with Crippen LogP contribution in [0, 0.1) is 0 Å². The first-order valence-electron chi connectivity index (χ1n) is 10.5. The third-order valence-electron chi connectivity index (χ3n) is 5.29. The number of amides is 1. The average Bonchev–Trinajstić information content (AvgIpc) is 3.45.